The summed E-state index contributed by atoms with van der Waals surface area (Å²) in [7, 11) is -2.44. The van der Waals surface area contributed by atoms with Gasteiger partial charge in [-0.1, -0.05) is 24.3 Å². The molecule has 2 heterocycles. The van der Waals surface area contributed by atoms with E-state index < -0.39 is 21.3 Å². The van der Waals surface area contributed by atoms with Crippen molar-refractivity contribution in [2.24, 2.45) is 7.05 Å². The first-order valence-corrected chi connectivity index (χ1v) is 13.4. The largest absolute Gasteiger partial charge is 0.341 e. The van der Waals surface area contributed by atoms with Crippen molar-refractivity contribution in [1.82, 2.24) is 18.8 Å². The number of sulfonamides is 1. The van der Waals surface area contributed by atoms with E-state index in [9.17, 15) is 22.8 Å². The highest BCUT2D eigenvalue weighted by molar-refractivity contribution is 7.89. The smallest absolute Gasteiger partial charge is 0.331 e. The molecule has 1 aromatic heterocycles. The van der Waals surface area contributed by atoms with Gasteiger partial charge in [0.1, 0.15) is 6.54 Å². The number of aryl methyl sites for hydroxylation is 2. The molecular formula is C25H28N4O5S. The molecule has 0 radical (unpaired) electrons. The second-order valence-electron chi connectivity index (χ2n) is 9.26. The van der Waals surface area contributed by atoms with Gasteiger partial charge >= 0.3 is 5.69 Å². The zero-order valence-corrected chi connectivity index (χ0v) is 20.4. The zero-order valence-electron chi connectivity index (χ0n) is 19.6. The first-order valence-electron chi connectivity index (χ1n) is 11.9. The van der Waals surface area contributed by atoms with E-state index in [0.29, 0.717) is 25.0 Å². The van der Waals surface area contributed by atoms with Crippen LogP contribution < -0.4 is 16.0 Å². The van der Waals surface area contributed by atoms with Gasteiger partial charge in [-0.15, -0.1) is 0 Å². The summed E-state index contributed by atoms with van der Waals surface area (Å²) in [5.41, 5.74) is 1.13. The van der Waals surface area contributed by atoms with E-state index in [0.717, 1.165) is 41.4 Å². The predicted molar refractivity (Wildman–Crippen MR) is 132 cm³/mol. The lowest BCUT2D eigenvalue weighted by atomic mass is 9.88. The highest BCUT2D eigenvalue weighted by Gasteiger charge is 2.27. The van der Waals surface area contributed by atoms with Crippen LogP contribution in [-0.2, 0) is 34.8 Å². The highest BCUT2D eigenvalue weighted by atomic mass is 32.2. The quantitative estimate of drug-likeness (QED) is 0.578. The summed E-state index contributed by atoms with van der Waals surface area (Å²) >= 11 is 0. The molecule has 0 saturated carbocycles. The zero-order chi connectivity index (χ0) is 24.7. The van der Waals surface area contributed by atoms with Gasteiger partial charge in [0.15, 0.2) is 0 Å². The fourth-order valence-electron chi connectivity index (χ4n) is 5.14. The van der Waals surface area contributed by atoms with Gasteiger partial charge in [-0.25, -0.2) is 17.9 Å². The van der Waals surface area contributed by atoms with Crippen LogP contribution in [0.2, 0.25) is 0 Å². The van der Waals surface area contributed by atoms with Crippen LogP contribution in [-0.4, -0.2) is 41.4 Å². The summed E-state index contributed by atoms with van der Waals surface area (Å²) in [6.07, 6.45) is 4.27. The average molecular weight is 497 g/mol. The maximum absolute atomic E-state index is 13.3. The Hall–Kier alpha value is -3.24. The van der Waals surface area contributed by atoms with Crippen molar-refractivity contribution in [3.8, 4) is 0 Å². The fraction of sp³-hybridized carbons (Fsp3) is 0.400. The minimum atomic E-state index is -3.94. The number of aromatic nitrogens is 2. The standard InChI is InChI=1S/C25H28N4O5S/c1-27-22-12-11-18(35(33,34)26-21-10-6-8-17-7-2-3-9-19(17)21)15-20(22)24(31)29(25(27)32)16-23(30)28-13-4-5-14-28/h2-3,7,9,11-12,15,21,26H,4-6,8,10,13-14,16H2,1H3/t21-/m1/s1. The van der Waals surface area contributed by atoms with E-state index in [2.05, 4.69) is 4.72 Å². The van der Waals surface area contributed by atoms with Gasteiger partial charge < -0.3 is 4.90 Å². The maximum Gasteiger partial charge on any atom is 0.331 e. The summed E-state index contributed by atoms with van der Waals surface area (Å²) in [5, 5.41) is 0.0771. The van der Waals surface area contributed by atoms with Crippen LogP contribution in [0.4, 0.5) is 0 Å². The number of carbonyl (C=O) groups is 1. The van der Waals surface area contributed by atoms with Crippen molar-refractivity contribution < 1.29 is 13.2 Å². The molecule has 1 N–H and O–H groups in total. The fourth-order valence-corrected chi connectivity index (χ4v) is 6.41. The molecule has 1 amide bonds. The van der Waals surface area contributed by atoms with Gasteiger partial charge in [0.2, 0.25) is 15.9 Å². The minimum Gasteiger partial charge on any atom is -0.341 e. The topological polar surface area (TPSA) is 110 Å². The first-order chi connectivity index (χ1) is 16.8. The number of amides is 1. The summed E-state index contributed by atoms with van der Waals surface area (Å²) in [5.74, 6) is -0.289. The average Bonchev–Trinajstić information content (AvgIpc) is 3.40. The summed E-state index contributed by atoms with van der Waals surface area (Å²) < 4.78 is 31.6. The Morgan fingerprint density at radius 1 is 1.06 bits per heavy atom. The molecule has 3 aromatic rings. The van der Waals surface area contributed by atoms with E-state index in [-0.39, 0.29) is 28.8 Å². The van der Waals surface area contributed by atoms with Gasteiger partial charge in [-0.05, 0) is 61.4 Å². The number of fused-ring (bicyclic) bond motifs is 2. The van der Waals surface area contributed by atoms with Crippen molar-refractivity contribution >= 4 is 26.8 Å². The highest BCUT2D eigenvalue weighted by Crippen LogP contribution is 2.31. The first kappa shape index (κ1) is 23.5. The molecule has 10 heteroatoms. The third-order valence-electron chi connectivity index (χ3n) is 7.05. The number of carbonyl (C=O) groups excluding carboxylic acids is 1. The predicted octanol–water partition coefficient (Wildman–Crippen LogP) is 1.68. The van der Waals surface area contributed by atoms with Crippen LogP contribution >= 0.6 is 0 Å². The molecule has 184 valence electrons. The molecule has 35 heavy (non-hydrogen) atoms. The Morgan fingerprint density at radius 3 is 2.57 bits per heavy atom. The number of hydrogen-bond acceptors (Lipinski definition) is 5. The number of nitrogens with one attached hydrogen (secondary N) is 1. The molecule has 1 aliphatic carbocycles. The Bertz CT molecular complexity index is 1530. The van der Waals surface area contributed by atoms with Crippen molar-refractivity contribution in [3.63, 3.8) is 0 Å². The number of hydrogen-bond donors (Lipinski definition) is 1. The van der Waals surface area contributed by atoms with Gasteiger partial charge in [0, 0.05) is 26.2 Å². The third kappa shape index (κ3) is 4.32. The van der Waals surface area contributed by atoms with Crippen molar-refractivity contribution in [2.45, 2.75) is 49.6 Å². The van der Waals surface area contributed by atoms with E-state index in [4.69, 9.17) is 0 Å². The number of benzene rings is 2. The molecule has 2 aliphatic rings. The Balaban J connectivity index is 1.52. The molecule has 0 spiro atoms. The molecule has 1 saturated heterocycles. The molecule has 1 atom stereocenters. The van der Waals surface area contributed by atoms with E-state index >= 15 is 0 Å². The second kappa shape index (κ2) is 9.09. The van der Waals surface area contributed by atoms with Gasteiger partial charge in [-0.2, -0.15) is 0 Å². The molecule has 1 aliphatic heterocycles. The minimum absolute atomic E-state index is 0.0544. The maximum atomic E-state index is 13.3. The molecule has 0 bridgehead atoms. The Morgan fingerprint density at radius 2 is 1.80 bits per heavy atom. The van der Waals surface area contributed by atoms with E-state index in [1.807, 2.05) is 24.3 Å². The Kier molecular flexibility index (Phi) is 6.10. The summed E-state index contributed by atoms with van der Waals surface area (Å²) in [6.45, 7) is 0.856. The second-order valence-corrected chi connectivity index (χ2v) is 11.0. The molecule has 9 nitrogen and oxygen atoms in total. The van der Waals surface area contributed by atoms with Crippen molar-refractivity contribution in [1.29, 1.82) is 0 Å². The molecular weight excluding hydrogens is 468 g/mol. The lowest BCUT2D eigenvalue weighted by Crippen LogP contribution is -2.43. The van der Waals surface area contributed by atoms with Crippen molar-refractivity contribution in [2.75, 3.05) is 13.1 Å². The molecule has 1 fully saturated rings. The molecule has 5 rings (SSSR count). The monoisotopic (exact) mass is 496 g/mol. The van der Waals surface area contributed by atoms with Crippen LogP contribution in [0.25, 0.3) is 10.9 Å². The lowest BCUT2D eigenvalue weighted by Gasteiger charge is -2.26. The lowest BCUT2D eigenvalue weighted by molar-refractivity contribution is -0.130. The van der Waals surface area contributed by atoms with Gasteiger partial charge in [0.05, 0.1) is 15.8 Å². The summed E-state index contributed by atoms with van der Waals surface area (Å²) in [6, 6.07) is 11.6. The van der Waals surface area contributed by atoms with Gasteiger partial charge in [0.25, 0.3) is 5.56 Å². The molecule has 0 unspecified atom stereocenters. The van der Waals surface area contributed by atoms with Gasteiger partial charge in [-0.3, -0.25) is 18.7 Å². The van der Waals surface area contributed by atoms with Crippen LogP contribution in [0.5, 0.6) is 0 Å². The van der Waals surface area contributed by atoms with Crippen LogP contribution in [0.3, 0.4) is 0 Å². The van der Waals surface area contributed by atoms with Crippen molar-refractivity contribution in [3.05, 3.63) is 74.4 Å². The van der Waals surface area contributed by atoms with Crippen LogP contribution in [0, 0.1) is 0 Å². The Labute approximate surface area is 203 Å². The number of nitrogens with zero attached hydrogens (tertiary/aromatic N) is 3. The van der Waals surface area contributed by atoms with E-state index in [1.165, 1.54) is 29.8 Å². The SMILES string of the molecule is Cn1c(=O)n(CC(=O)N2CCCC2)c(=O)c2cc(S(=O)(=O)N[C@@H]3CCCc4ccccc43)ccc21. The number of rotatable bonds is 5. The molecule has 2 aromatic carbocycles. The van der Waals surface area contributed by atoms with E-state index in [1.54, 1.807) is 4.90 Å². The third-order valence-corrected chi connectivity index (χ3v) is 8.52. The van der Waals surface area contributed by atoms with Crippen LogP contribution in [0.15, 0.2) is 56.9 Å². The summed E-state index contributed by atoms with van der Waals surface area (Å²) in [4.78, 5) is 40.3. The normalized spacial score (nSPS) is 18.1. The van der Waals surface area contributed by atoms with Crippen LogP contribution in [0.1, 0.15) is 42.9 Å². The number of likely N-dealkylation sites (tertiary alicyclic amines) is 1.